The maximum atomic E-state index is 13.7. The van der Waals surface area contributed by atoms with Crippen LogP contribution in [0, 0.1) is 0 Å². The van der Waals surface area contributed by atoms with Crippen molar-refractivity contribution in [2.24, 2.45) is 0 Å². The van der Waals surface area contributed by atoms with Gasteiger partial charge >= 0.3 is 23.9 Å². The Bertz CT molecular complexity index is 2360. The molecule has 0 aromatic heterocycles. The number of nitrogens with one attached hydrogen (secondary N) is 7. The summed E-state index contributed by atoms with van der Waals surface area (Å²) in [5.41, 5.74) is 0.548. The second-order valence-electron chi connectivity index (χ2n) is 20.7. The van der Waals surface area contributed by atoms with E-state index in [1.54, 1.807) is 0 Å². The van der Waals surface area contributed by atoms with Crippen LogP contribution in [-0.4, -0.2) is 195 Å². The van der Waals surface area contributed by atoms with Crippen LogP contribution in [0.3, 0.4) is 0 Å². The highest BCUT2D eigenvalue weighted by atomic mass is 32.2. The highest BCUT2D eigenvalue weighted by Crippen LogP contribution is 2.15. The summed E-state index contributed by atoms with van der Waals surface area (Å²) in [5.74, 6) is -10.5. The summed E-state index contributed by atoms with van der Waals surface area (Å²) in [6.45, 7) is 0.531. The Morgan fingerprint density at radius 3 is 1.41 bits per heavy atom. The van der Waals surface area contributed by atoms with Crippen molar-refractivity contribution >= 4 is 75.3 Å². The van der Waals surface area contributed by atoms with Crippen LogP contribution in [0.5, 0.6) is 0 Å². The molecule has 0 saturated heterocycles. The molecule has 0 bridgehead atoms. The molecule has 0 radical (unpaired) electrons. The van der Waals surface area contributed by atoms with Crippen molar-refractivity contribution in [1.82, 2.24) is 37.2 Å². The van der Waals surface area contributed by atoms with E-state index in [4.69, 9.17) is 29.2 Å². The number of hydrogen-bond donors (Lipinski definition) is 12. The summed E-state index contributed by atoms with van der Waals surface area (Å²) in [6.07, 6.45) is 14.8. The molecule has 1 aromatic rings. The predicted octanol–water partition coefficient (Wildman–Crippen LogP) is 1.91. The maximum absolute atomic E-state index is 13.7. The van der Waals surface area contributed by atoms with Gasteiger partial charge in [-0.3, -0.25) is 52.5 Å². The van der Waals surface area contributed by atoms with Crippen molar-refractivity contribution in [3.05, 3.63) is 35.4 Å². The Kier molecular flexibility index (Phi) is 43.3. The number of carbonyl (C=O) groups excluding carboxylic acids is 7. The van der Waals surface area contributed by atoms with E-state index in [9.17, 15) is 75.9 Å². The van der Waals surface area contributed by atoms with Gasteiger partial charge in [-0.15, -0.1) is 0 Å². The first kappa shape index (κ1) is 78.2. The molecule has 4 atom stereocenters. The van der Waals surface area contributed by atoms with Gasteiger partial charge in [-0.1, -0.05) is 121 Å². The van der Waals surface area contributed by atoms with E-state index in [1.165, 1.54) is 56.4 Å². The third-order valence-corrected chi connectivity index (χ3v) is 13.8. The summed E-state index contributed by atoms with van der Waals surface area (Å²) in [6, 6.07) is -0.168. The first-order valence-corrected chi connectivity index (χ1v) is 31.3. The first-order valence-electron chi connectivity index (χ1n) is 29.7. The van der Waals surface area contributed by atoms with Crippen LogP contribution in [0.15, 0.2) is 24.3 Å². The van der Waals surface area contributed by atoms with Gasteiger partial charge in [0.1, 0.15) is 49.7 Å². The van der Waals surface area contributed by atoms with Gasteiger partial charge in [-0.25, -0.2) is 4.79 Å². The highest BCUT2D eigenvalue weighted by Gasteiger charge is 2.31. The van der Waals surface area contributed by atoms with E-state index in [-0.39, 0.29) is 109 Å². The Balaban J connectivity index is 2.34. The molecule has 30 heteroatoms. The Morgan fingerprint density at radius 2 is 0.908 bits per heavy atom. The van der Waals surface area contributed by atoms with Crippen LogP contribution in [0.1, 0.15) is 159 Å². The molecule has 0 fully saturated rings. The summed E-state index contributed by atoms with van der Waals surface area (Å²) in [4.78, 5) is 135. The lowest BCUT2D eigenvalue weighted by Crippen LogP contribution is -2.58. The second-order valence-corrected chi connectivity index (χ2v) is 22.2. The lowest BCUT2D eigenvalue weighted by molar-refractivity contribution is -0.142. The zero-order valence-corrected chi connectivity index (χ0v) is 50.8. The van der Waals surface area contributed by atoms with E-state index >= 15 is 0 Å². The fourth-order valence-electron chi connectivity index (χ4n) is 8.47. The van der Waals surface area contributed by atoms with Crippen LogP contribution in [0.2, 0.25) is 0 Å². The minimum Gasteiger partial charge on any atom is -0.481 e. The fourth-order valence-corrected chi connectivity index (χ4v) is 9.08. The van der Waals surface area contributed by atoms with Crippen LogP contribution in [-0.2, 0) is 94.0 Å². The molecule has 0 aliphatic rings. The number of benzene rings is 1. The summed E-state index contributed by atoms with van der Waals surface area (Å²) in [5, 5.41) is 53.9. The molecule has 0 aliphatic carbocycles. The van der Waals surface area contributed by atoms with E-state index in [1.807, 2.05) is 6.92 Å². The van der Waals surface area contributed by atoms with Crippen LogP contribution in [0.25, 0.3) is 0 Å². The molecular formula is C57H93N7O22S. The number of carbonyl (C=O) groups is 11. The average molecular weight is 1260 g/mol. The average Bonchev–Trinajstić information content (AvgIpc) is 3.57. The number of rotatable bonds is 55. The third kappa shape index (κ3) is 44.3. The van der Waals surface area contributed by atoms with Crippen LogP contribution in [0.4, 0.5) is 0 Å². The molecule has 1 aromatic carbocycles. The SMILES string of the molecule is CCCC[C@H](NC(=O)[C@H](Cc1ccc(CS(=O)(=O)O)cc1)NC(=O)[C@H](CC(=O)O)NC(=O)COCCOCCNC(=O)COCCOCCNC(=O)CC[C@H](NC(=O)CCCCCCCCCCCCCCCCC(=O)O)C(=O)O)C(=O)NCC(=O)O. The van der Waals surface area contributed by atoms with E-state index in [2.05, 4.69) is 37.2 Å². The number of aliphatic carboxylic acids is 4. The number of amides is 7. The smallest absolute Gasteiger partial charge is 0.326 e. The molecule has 29 nitrogen and oxygen atoms in total. The molecule has 7 amide bonds. The number of hydrogen-bond acceptors (Lipinski definition) is 17. The zero-order valence-electron chi connectivity index (χ0n) is 50.0. The van der Waals surface area contributed by atoms with Gasteiger partial charge in [0.05, 0.1) is 46.1 Å². The molecule has 0 aliphatic heterocycles. The lowest BCUT2D eigenvalue weighted by Gasteiger charge is -2.25. The van der Waals surface area contributed by atoms with Gasteiger partial charge in [0.2, 0.25) is 41.4 Å². The molecule has 12 N–H and O–H groups in total. The second kappa shape index (κ2) is 48.2. The zero-order chi connectivity index (χ0) is 64.7. The molecule has 0 saturated carbocycles. The maximum Gasteiger partial charge on any atom is 0.326 e. The van der Waals surface area contributed by atoms with Crippen molar-refractivity contribution in [3.63, 3.8) is 0 Å². The van der Waals surface area contributed by atoms with Gasteiger partial charge < -0.3 is 76.6 Å². The standard InChI is InChI=1S/C57H93N7O22S/c1-2-3-18-43(54(75)60-37-53(73)74)63-55(76)45(35-41-21-23-42(24-22-41)40-87(80,81)82)64-56(77)46(36-52(71)72)62-50(68)39-86-34-32-84-30-28-59-49(67)38-85-33-31-83-29-27-58-47(65)26-25-44(57(78)79)61-48(66)19-16-14-12-10-8-6-4-5-7-9-11-13-15-17-20-51(69)70/h21-24,43-46H,2-20,25-40H2,1H3,(H,58,65)(H,59,67)(H,60,75)(H,61,66)(H,62,68)(H,63,76)(H,64,77)(H,69,70)(H,71,72)(H,73,74)(H,78,79)(H,80,81,82)/t43-,44-,45-,46-/m0/s1. The molecular weight excluding hydrogens is 1170 g/mol. The largest absolute Gasteiger partial charge is 0.481 e. The molecule has 1 rings (SSSR count). The summed E-state index contributed by atoms with van der Waals surface area (Å²) < 4.78 is 53.3. The quantitative estimate of drug-likeness (QED) is 0.0327. The topological polar surface area (TPSA) is 444 Å². The van der Waals surface area contributed by atoms with E-state index in [0.717, 1.165) is 51.4 Å². The number of carboxylic acid groups (broad SMARTS) is 4. The van der Waals surface area contributed by atoms with E-state index < -0.39 is 119 Å². The van der Waals surface area contributed by atoms with Gasteiger partial charge in [0.15, 0.2) is 0 Å². The fraction of sp³-hybridized carbons (Fsp3) is 0.702. The third-order valence-electron chi connectivity index (χ3n) is 13.1. The van der Waals surface area contributed by atoms with Crippen LogP contribution >= 0.6 is 0 Å². The summed E-state index contributed by atoms with van der Waals surface area (Å²) >= 11 is 0. The van der Waals surface area contributed by atoms with Gasteiger partial charge in [0.25, 0.3) is 10.1 Å². The monoisotopic (exact) mass is 1260 g/mol. The molecule has 494 valence electrons. The van der Waals surface area contributed by atoms with E-state index in [0.29, 0.717) is 24.8 Å². The van der Waals surface area contributed by atoms with Gasteiger partial charge in [-0.2, -0.15) is 8.42 Å². The molecule has 0 spiro atoms. The Hall–Kier alpha value is -6.86. The minimum absolute atomic E-state index is 0.0361. The van der Waals surface area contributed by atoms with Gasteiger partial charge in [-0.05, 0) is 36.8 Å². The normalized spacial score (nSPS) is 12.6. The predicted molar refractivity (Wildman–Crippen MR) is 313 cm³/mol. The molecule has 0 heterocycles. The summed E-state index contributed by atoms with van der Waals surface area (Å²) in [7, 11) is -4.38. The van der Waals surface area contributed by atoms with Gasteiger partial charge in [0, 0.05) is 38.8 Å². The lowest BCUT2D eigenvalue weighted by atomic mass is 10.0. The number of ether oxygens (including phenoxy) is 4. The minimum atomic E-state index is -4.38. The Morgan fingerprint density at radius 1 is 0.437 bits per heavy atom. The van der Waals surface area contributed by atoms with Crippen molar-refractivity contribution in [2.45, 2.75) is 185 Å². The van der Waals surface area contributed by atoms with Crippen molar-refractivity contribution in [1.29, 1.82) is 0 Å². The van der Waals surface area contributed by atoms with Crippen molar-refractivity contribution in [2.75, 3.05) is 72.5 Å². The van der Waals surface area contributed by atoms with Crippen molar-refractivity contribution < 1.29 is 105 Å². The first-order chi connectivity index (χ1) is 41.5. The highest BCUT2D eigenvalue weighted by molar-refractivity contribution is 7.85. The number of unbranched alkanes of at least 4 members (excludes halogenated alkanes) is 14. The van der Waals surface area contributed by atoms with Crippen molar-refractivity contribution in [3.8, 4) is 0 Å². The van der Waals surface area contributed by atoms with Crippen LogP contribution < -0.4 is 37.2 Å². The molecule has 87 heavy (non-hydrogen) atoms. The molecule has 0 unspecified atom stereocenters. The Labute approximate surface area is 508 Å². The number of carboxylic acids is 4.